The number of para-hydroxylation sites is 1. The monoisotopic (exact) mass is 351 g/mol. The molecule has 0 spiro atoms. The second kappa shape index (κ2) is 7.70. The van der Waals surface area contributed by atoms with Crippen LogP contribution in [-0.4, -0.2) is 35.1 Å². The number of nitrogens with zero attached hydrogens (tertiary/aromatic N) is 2. The van der Waals surface area contributed by atoms with Gasteiger partial charge in [-0.25, -0.2) is 4.98 Å². The molecular formula is C21H25N3O2. The summed E-state index contributed by atoms with van der Waals surface area (Å²) >= 11 is 0. The van der Waals surface area contributed by atoms with Crippen LogP contribution >= 0.6 is 0 Å². The zero-order chi connectivity index (χ0) is 18.7. The Hall–Kier alpha value is -2.66. The maximum absolute atomic E-state index is 12.3. The van der Waals surface area contributed by atoms with E-state index in [0.717, 1.165) is 17.8 Å². The van der Waals surface area contributed by atoms with E-state index in [1.807, 2.05) is 44.3 Å². The van der Waals surface area contributed by atoms with Crippen LogP contribution in [-0.2, 0) is 0 Å². The second-order valence-corrected chi connectivity index (χ2v) is 6.80. The number of nitrogens with one attached hydrogen (secondary N) is 1. The van der Waals surface area contributed by atoms with Gasteiger partial charge in [0.1, 0.15) is 18.2 Å². The summed E-state index contributed by atoms with van der Waals surface area (Å²) < 4.78 is 5.88. The fourth-order valence-corrected chi connectivity index (χ4v) is 3.03. The van der Waals surface area contributed by atoms with E-state index in [0.29, 0.717) is 17.8 Å². The van der Waals surface area contributed by atoms with Crippen LogP contribution in [0, 0.1) is 13.8 Å². The van der Waals surface area contributed by atoms with Crippen LogP contribution in [0.5, 0.6) is 5.75 Å². The summed E-state index contributed by atoms with van der Waals surface area (Å²) in [7, 11) is 2.00. The number of fused-ring (bicyclic) bond motifs is 1. The van der Waals surface area contributed by atoms with Gasteiger partial charge in [-0.05, 0) is 63.2 Å². The third kappa shape index (κ3) is 4.11. The van der Waals surface area contributed by atoms with E-state index in [9.17, 15) is 4.79 Å². The Labute approximate surface area is 153 Å². The molecule has 0 radical (unpaired) electrons. The van der Waals surface area contributed by atoms with Crippen molar-refractivity contribution in [1.82, 2.24) is 14.9 Å². The molecule has 3 rings (SSSR count). The molecule has 0 saturated carbocycles. The number of H-pyrrole nitrogens is 1. The molecule has 1 atom stereocenters. The highest BCUT2D eigenvalue weighted by Gasteiger charge is 2.15. The zero-order valence-electron chi connectivity index (χ0n) is 15.7. The van der Waals surface area contributed by atoms with Crippen molar-refractivity contribution in [2.45, 2.75) is 26.8 Å². The normalized spacial score (nSPS) is 12.5. The van der Waals surface area contributed by atoms with Gasteiger partial charge in [-0.1, -0.05) is 18.2 Å². The Balaban J connectivity index is 1.66. The molecule has 0 unspecified atom stereocenters. The minimum atomic E-state index is -0.0997. The first kappa shape index (κ1) is 18.1. The topological polar surface area (TPSA) is 58.2 Å². The number of likely N-dealkylation sites (N-methyl/N-ethyl adjacent to an activating group) is 1. The standard InChI is InChI=1S/C21H25N3O2/c1-14-11-15(2)13-17(12-14)26-10-9-24(4)16(3)20-22-19-8-6-5-7-18(19)21(25)23-20/h5-8,11-13,16H,9-10H2,1-4H3,(H,22,23,25)/t16-/m1/s1. The molecule has 0 aliphatic heterocycles. The Morgan fingerprint density at radius 2 is 1.85 bits per heavy atom. The van der Waals surface area contributed by atoms with Crippen molar-refractivity contribution in [3.63, 3.8) is 0 Å². The average Bonchev–Trinajstić information content (AvgIpc) is 2.60. The number of benzene rings is 2. The van der Waals surface area contributed by atoms with Gasteiger partial charge in [0, 0.05) is 6.54 Å². The zero-order valence-corrected chi connectivity index (χ0v) is 15.7. The van der Waals surface area contributed by atoms with Gasteiger partial charge in [-0.2, -0.15) is 0 Å². The minimum Gasteiger partial charge on any atom is -0.492 e. The molecule has 0 fully saturated rings. The molecule has 0 aliphatic carbocycles. The van der Waals surface area contributed by atoms with Gasteiger partial charge in [-0.3, -0.25) is 9.69 Å². The molecule has 5 heteroatoms. The fraction of sp³-hybridized carbons (Fsp3) is 0.333. The van der Waals surface area contributed by atoms with Gasteiger partial charge in [0.2, 0.25) is 0 Å². The largest absolute Gasteiger partial charge is 0.492 e. The van der Waals surface area contributed by atoms with E-state index in [4.69, 9.17) is 4.74 Å². The van der Waals surface area contributed by atoms with Gasteiger partial charge in [-0.15, -0.1) is 0 Å². The highest BCUT2D eigenvalue weighted by atomic mass is 16.5. The predicted molar refractivity (Wildman–Crippen MR) is 105 cm³/mol. The van der Waals surface area contributed by atoms with Gasteiger partial charge in [0.15, 0.2) is 0 Å². The third-order valence-electron chi connectivity index (χ3n) is 4.60. The van der Waals surface area contributed by atoms with Crippen LogP contribution < -0.4 is 10.3 Å². The lowest BCUT2D eigenvalue weighted by molar-refractivity contribution is 0.196. The Kier molecular flexibility index (Phi) is 5.38. The molecule has 26 heavy (non-hydrogen) atoms. The molecule has 0 amide bonds. The lowest BCUT2D eigenvalue weighted by atomic mass is 10.1. The Morgan fingerprint density at radius 1 is 1.15 bits per heavy atom. The third-order valence-corrected chi connectivity index (χ3v) is 4.60. The second-order valence-electron chi connectivity index (χ2n) is 6.80. The van der Waals surface area contributed by atoms with Crippen molar-refractivity contribution < 1.29 is 4.74 Å². The van der Waals surface area contributed by atoms with Crippen molar-refractivity contribution in [3.8, 4) is 5.75 Å². The van der Waals surface area contributed by atoms with E-state index in [-0.39, 0.29) is 11.6 Å². The van der Waals surface area contributed by atoms with E-state index in [1.54, 1.807) is 6.07 Å². The van der Waals surface area contributed by atoms with Crippen LogP contribution in [0.4, 0.5) is 0 Å². The smallest absolute Gasteiger partial charge is 0.258 e. The number of aromatic nitrogens is 2. The summed E-state index contributed by atoms with van der Waals surface area (Å²) in [4.78, 5) is 21.9. The van der Waals surface area contributed by atoms with Crippen LogP contribution in [0.3, 0.4) is 0 Å². The molecule has 0 aliphatic rings. The van der Waals surface area contributed by atoms with Crippen molar-refractivity contribution in [1.29, 1.82) is 0 Å². The number of ether oxygens (including phenoxy) is 1. The molecule has 0 saturated heterocycles. The maximum Gasteiger partial charge on any atom is 0.258 e. The first-order valence-corrected chi connectivity index (χ1v) is 8.84. The van der Waals surface area contributed by atoms with E-state index in [2.05, 4.69) is 34.8 Å². The van der Waals surface area contributed by atoms with E-state index < -0.39 is 0 Å². The lowest BCUT2D eigenvalue weighted by Gasteiger charge is -2.24. The highest BCUT2D eigenvalue weighted by Crippen LogP contribution is 2.18. The Morgan fingerprint density at radius 3 is 2.58 bits per heavy atom. The van der Waals surface area contributed by atoms with Crippen molar-refractivity contribution in [3.05, 3.63) is 69.8 Å². The van der Waals surface area contributed by atoms with Crippen LogP contribution in [0.1, 0.15) is 29.9 Å². The molecule has 0 bridgehead atoms. The van der Waals surface area contributed by atoms with Gasteiger partial charge < -0.3 is 9.72 Å². The number of aromatic amines is 1. The quantitative estimate of drug-likeness (QED) is 0.737. The summed E-state index contributed by atoms with van der Waals surface area (Å²) in [6, 6.07) is 13.6. The molecule has 1 heterocycles. The summed E-state index contributed by atoms with van der Waals surface area (Å²) in [5.41, 5.74) is 3.01. The average molecular weight is 351 g/mol. The SMILES string of the molecule is Cc1cc(C)cc(OCCN(C)[C@H](C)c2nc3ccccc3c(=O)[nH]2)c1. The molecule has 1 aromatic heterocycles. The number of rotatable bonds is 6. The van der Waals surface area contributed by atoms with Crippen molar-refractivity contribution >= 4 is 10.9 Å². The first-order chi connectivity index (χ1) is 12.4. The predicted octanol–water partition coefficient (Wildman–Crippen LogP) is 3.61. The molecular weight excluding hydrogens is 326 g/mol. The van der Waals surface area contributed by atoms with Crippen molar-refractivity contribution in [2.75, 3.05) is 20.2 Å². The van der Waals surface area contributed by atoms with Gasteiger partial charge in [0.25, 0.3) is 5.56 Å². The maximum atomic E-state index is 12.3. The first-order valence-electron chi connectivity index (χ1n) is 8.84. The fourth-order valence-electron chi connectivity index (χ4n) is 3.03. The van der Waals surface area contributed by atoms with E-state index >= 15 is 0 Å². The number of hydrogen-bond donors (Lipinski definition) is 1. The summed E-state index contributed by atoms with van der Waals surface area (Å²) in [6.07, 6.45) is 0. The van der Waals surface area contributed by atoms with Crippen LogP contribution in [0.25, 0.3) is 10.9 Å². The van der Waals surface area contributed by atoms with Crippen LogP contribution in [0.15, 0.2) is 47.3 Å². The van der Waals surface area contributed by atoms with Gasteiger partial charge in [0.05, 0.1) is 16.9 Å². The molecule has 1 N–H and O–H groups in total. The summed E-state index contributed by atoms with van der Waals surface area (Å²) in [5, 5.41) is 0.615. The number of hydrogen-bond acceptors (Lipinski definition) is 4. The number of aryl methyl sites for hydroxylation is 2. The lowest BCUT2D eigenvalue weighted by Crippen LogP contribution is -2.29. The van der Waals surface area contributed by atoms with Gasteiger partial charge >= 0.3 is 0 Å². The molecule has 2 aromatic carbocycles. The van der Waals surface area contributed by atoms with Crippen molar-refractivity contribution in [2.24, 2.45) is 0 Å². The molecule has 3 aromatic rings. The molecule has 5 nitrogen and oxygen atoms in total. The summed E-state index contributed by atoms with van der Waals surface area (Å²) in [5.74, 6) is 1.56. The highest BCUT2D eigenvalue weighted by molar-refractivity contribution is 5.77. The summed E-state index contributed by atoms with van der Waals surface area (Å²) in [6.45, 7) is 7.46. The Bertz CT molecular complexity index is 945. The van der Waals surface area contributed by atoms with Crippen LogP contribution in [0.2, 0.25) is 0 Å². The van der Waals surface area contributed by atoms with E-state index in [1.165, 1.54) is 11.1 Å². The molecule has 136 valence electrons. The minimum absolute atomic E-state index is 0.0184.